The number of rotatable bonds is 6. The van der Waals surface area contributed by atoms with Gasteiger partial charge in [0.15, 0.2) is 0 Å². The normalized spacial score (nSPS) is 18.7. The Morgan fingerprint density at radius 1 is 1.30 bits per heavy atom. The highest BCUT2D eigenvalue weighted by Crippen LogP contribution is 2.22. The van der Waals surface area contributed by atoms with E-state index in [1.54, 1.807) is 4.90 Å². The van der Waals surface area contributed by atoms with Crippen LogP contribution in [0.5, 0.6) is 0 Å². The summed E-state index contributed by atoms with van der Waals surface area (Å²) in [7, 11) is -3.90. The molecule has 1 amide bonds. The van der Waals surface area contributed by atoms with Crippen LogP contribution in [0.15, 0.2) is 30.3 Å². The molecule has 0 radical (unpaired) electrons. The fourth-order valence-electron chi connectivity index (χ4n) is 2.83. The second-order valence-corrected chi connectivity index (χ2v) is 7.49. The van der Waals surface area contributed by atoms with E-state index >= 15 is 0 Å². The van der Waals surface area contributed by atoms with Crippen LogP contribution in [0.2, 0.25) is 0 Å². The van der Waals surface area contributed by atoms with Crippen LogP contribution in [0.1, 0.15) is 31.2 Å². The summed E-state index contributed by atoms with van der Waals surface area (Å²) in [6.07, 6.45) is 2.62. The predicted octanol–water partition coefficient (Wildman–Crippen LogP) is 2.70. The zero-order chi connectivity index (χ0) is 16.7. The molecule has 1 aliphatic heterocycles. The minimum absolute atomic E-state index is 0.220. The van der Waals surface area contributed by atoms with Crippen molar-refractivity contribution in [1.29, 1.82) is 0 Å². The molecule has 1 unspecified atom stereocenters. The van der Waals surface area contributed by atoms with Gasteiger partial charge in [0.25, 0.3) is 10.1 Å². The van der Waals surface area contributed by atoms with E-state index in [1.807, 2.05) is 30.3 Å². The van der Waals surface area contributed by atoms with E-state index in [2.05, 4.69) is 0 Å². The SMILES string of the molecule is O=C(OCc1ccccc1)N1CCCC(CCCS(=O)(=O)O)C1. The summed E-state index contributed by atoms with van der Waals surface area (Å²) in [4.78, 5) is 13.8. The van der Waals surface area contributed by atoms with Crippen molar-refractivity contribution < 1.29 is 22.5 Å². The monoisotopic (exact) mass is 341 g/mol. The van der Waals surface area contributed by atoms with Crippen LogP contribution < -0.4 is 0 Å². The molecule has 7 heteroatoms. The second-order valence-electron chi connectivity index (χ2n) is 5.92. The minimum Gasteiger partial charge on any atom is -0.445 e. The van der Waals surface area contributed by atoms with E-state index in [0.717, 1.165) is 18.4 Å². The zero-order valence-electron chi connectivity index (χ0n) is 13.1. The summed E-state index contributed by atoms with van der Waals surface area (Å²) in [6.45, 7) is 1.51. The summed E-state index contributed by atoms with van der Waals surface area (Å²) in [5.74, 6) is 0.0388. The smallest absolute Gasteiger partial charge is 0.410 e. The van der Waals surface area contributed by atoms with Gasteiger partial charge in [0, 0.05) is 13.1 Å². The highest BCUT2D eigenvalue weighted by molar-refractivity contribution is 7.85. The number of amides is 1. The standard InChI is InChI=1S/C16H23NO5S/c18-16(22-13-15-6-2-1-3-7-15)17-10-4-8-14(12-17)9-5-11-23(19,20)21/h1-3,6-7,14H,4-5,8-13H2,(H,19,20,21). The van der Waals surface area contributed by atoms with Crippen molar-refractivity contribution in [2.75, 3.05) is 18.8 Å². The Morgan fingerprint density at radius 3 is 2.74 bits per heavy atom. The number of carbonyl (C=O) groups is 1. The number of ether oxygens (including phenoxy) is 1. The number of benzene rings is 1. The number of likely N-dealkylation sites (tertiary alicyclic amines) is 1. The van der Waals surface area contributed by atoms with Crippen molar-refractivity contribution in [1.82, 2.24) is 4.90 Å². The molecule has 128 valence electrons. The van der Waals surface area contributed by atoms with Crippen molar-refractivity contribution >= 4 is 16.2 Å². The van der Waals surface area contributed by atoms with Gasteiger partial charge in [-0.25, -0.2) is 4.79 Å². The van der Waals surface area contributed by atoms with E-state index in [4.69, 9.17) is 9.29 Å². The molecule has 1 saturated heterocycles. The van der Waals surface area contributed by atoms with Gasteiger partial charge in [-0.15, -0.1) is 0 Å². The van der Waals surface area contributed by atoms with E-state index in [-0.39, 0.29) is 24.4 Å². The van der Waals surface area contributed by atoms with Gasteiger partial charge in [-0.3, -0.25) is 4.55 Å². The lowest BCUT2D eigenvalue weighted by molar-refractivity contribution is 0.0779. The topological polar surface area (TPSA) is 83.9 Å². The van der Waals surface area contributed by atoms with Crippen LogP contribution in [0.3, 0.4) is 0 Å². The average Bonchev–Trinajstić information content (AvgIpc) is 2.53. The van der Waals surface area contributed by atoms with Crippen LogP contribution in [0.25, 0.3) is 0 Å². The van der Waals surface area contributed by atoms with Crippen molar-refractivity contribution in [2.45, 2.75) is 32.3 Å². The third kappa shape index (κ3) is 6.58. The molecular formula is C16H23NO5S. The van der Waals surface area contributed by atoms with E-state index in [9.17, 15) is 13.2 Å². The second kappa shape index (κ2) is 8.31. The lowest BCUT2D eigenvalue weighted by atomic mass is 9.94. The number of hydrogen-bond donors (Lipinski definition) is 1. The molecule has 1 fully saturated rings. The molecule has 0 aliphatic carbocycles. The molecular weight excluding hydrogens is 318 g/mol. The lowest BCUT2D eigenvalue weighted by Gasteiger charge is -2.32. The maximum absolute atomic E-state index is 12.1. The lowest BCUT2D eigenvalue weighted by Crippen LogP contribution is -2.40. The zero-order valence-corrected chi connectivity index (χ0v) is 13.9. The molecule has 0 bridgehead atoms. The van der Waals surface area contributed by atoms with Gasteiger partial charge in [0.1, 0.15) is 6.61 Å². The Bertz CT molecular complexity index is 602. The Hall–Kier alpha value is -1.60. The van der Waals surface area contributed by atoms with Crippen molar-refractivity contribution in [3.63, 3.8) is 0 Å². The third-order valence-corrected chi connectivity index (χ3v) is 4.80. The summed E-state index contributed by atoms with van der Waals surface area (Å²) in [6, 6.07) is 9.51. The highest BCUT2D eigenvalue weighted by Gasteiger charge is 2.24. The fourth-order valence-corrected chi connectivity index (χ4v) is 3.36. The first-order chi connectivity index (χ1) is 10.9. The molecule has 1 aromatic carbocycles. The van der Waals surface area contributed by atoms with Crippen LogP contribution in [0, 0.1) is 5.92 Å². The fraction of sp³-hybridized carbons (Fsp3) is 0.562. The largest absolute Gasteiger partial charge is 0.445 e. The quantitative estimate of drug-likeness (QED) is 0.804. The first kappa shape index (κ1) is 17.7. The number of piperidine rings is 1. The van der Waals surface area contributed by atoms with Crippen molar-refractivity contribution in [2.24, 2.45) is 5.92 Å². The van der Waals surface area contributed by atoms with Gasteiger partial charge in [-0.1, -0.05) is 30.3 Å². The Morgan fingerprint density at radius 2 is 2.04 bits per heavy atom. The molecule has 1 N–H and O–H groups in total. The van der Waals surface area contributed by atoms with Gasteiger partial charge in [0.05, 0.1) is 5.75 Å². The van der Waals surface area contributed by atoms with E-state index in [0.29, 0.717) is 25.9 Å². The predicted molar refractivity (Wildman–Crippen MR) is 86.6 cm³/mol. The van der Waals surface area contributed by atoms with Crippen LogP contribution in [0.4, 0.5) is 4.79 Å². The average molecular weight is 341 g/mol. The summed E-state index contributed by atoms with van der Waals surface area (Å²) >= 11 is 0. The molecule has 1 aliphatic rings. The van der Waals surface area contributed by atoms with Crippen molar-refractivity contribution in [3.05, 3.63) is 35.9 Å². The number of carbonyl (C=O) groups excluding carboxylic acids is 1. The summed E-state index contributed by atoms with van der Waals surface area (Å²) in [5.41, 5.74) is 0.947. The Kier molecular flexibility index (Phi) is 6.41. The van der Waals surface area contributed by atoms with Gasteiger partial charge < -0.3 is 9.64 Å². The Labute approximate surface area is 137 Å². The molecule has 1 heterocycles. The third-order valence-electron chi connectivity index (χ3n) is 4.00. The Balaban J connectivity index is 1.75. The molecule has 6 nitrogen and oxygen atoms in total. The summed E-state index contributed by atoms with van der Waals surface area (Å²) in [5, 5.41) is 0. The number of nitrogens with zero attached hydrogens (tertiary/aromatic N) is 1. The molecule has 1 atom stereocenters. The van der Waals surface area contributed by atoms with E-state index < -0.39 is 10.1 Å². The van der Waals surface area contributed by atoms with Crippen LogP contribution >= 0.6 is 0 Å². The molecule has 2 rings (SSSR count). The maximum Gasteiger partial charge on any atom is 0.410 e. The van der Waals surface area contributed by atoms with Crippen LogP contribution in [-0.4, -0.2) is 42.8 Å². The van der Waals surface area contributed by atoms with Gasteiger partial charge in [0.2, 0.25) is 0 Å². The number of hydrogen-bond acceptors (Lipinski definition) is 4. The van der Waals surface area contributed by atoms with Gasteiger partial charge in [-0.2, -0.15) is 8.42 Å². The van der Waals surface area contributed by atoms with Crippen molar-refractivity contribution in [3.8, 4) is 0 Å². The highest BCUT2D eigenvalue weighted by atomic mass is 32.2. The minimum atomic E-state index is -3.90. The van der Waals surface area contributed by atoms with Gasteiger partial charge >= 0.3 is 6.09 Å². The molecule has 0 saturated carbocycles. The molecule has 1 aromatic rings. The molecule has 23 heavy (non-hydrogen) atoms. The molecule has 0 spiro atoms. The van der Waals surface area contributed by atoms with E-state index in [1.165, 1.54) is 0 Å². The first-order valence-corrected chi connectivity index (χ1v) is 9.46. The van der Waals surface area contributed by atoms with Crippen LogP contribution in [-0.2, 0) is 21.5 Å². The first-order valence-electron chi connectivity index (χ1n) is 7.85. The maximum atomic E-state index is 12.1. The van der Waals surface area contributed by atoms with Gasteiger partial charge in [-0.05, 0) is 37.2 Å². The summed E-state index contributed by atoms with van der Waals surface area (Å²) < 4.78 is 35.6. The molecule has 0 aromatic heterocycles.